The van der Waals surface area contributed by atoms with Crippen molar-refractivity contribution in [2.75, 3.05) is 6.61 Å². The summed E-state index contributed by atoms with van der Waals surface area (Å²) in [6, 6.07) is 2.22. The molecule has 0 aromatic heterocycles. The molecule has 1 aromatic carbocycles. The molecule has 0 radical (unpaired) electrons. The molecule has 0 spiro atoms. The first-order chi connectivity index (χ1) is 8.27. The summed E-state index contributed by atoms with van der Waals surface area (Å²) in [6.07, 6.45) is 0. The molecule has 0 heterocycles. The lowest BCUT2D eigenvalue weighted by molar-refractivity contribution is -0.158. The Morgan fingerprint density at radius 2 is 2.00 bits per heavy atom. The zero-order valence-electron chi connectivity index (χ0n) is 10.2. The maximum absolute atomic E-state index is 13.5. The average Bonchev–Trinajstić information content (AvgIpc) is 2.25. The van der Waals surface area contributed by atoms with Crippen LogP contribution in [0.2, 0.25) is 0 Å². The molecule has 0 fully saturated rings. The van der Waals surface area contributed by atoms with Gasteiger partial charge in [-0.05, 0) is 32.9 Å². The zero-order chi connectivity index (χ0) is 13.9. The summed E-state index contributed by atoms with van der Waals surface area (Å²) in [4.78, 5) is 11.6. The van der Waals surface area contributed by atoms with Gasteiger partial charge in [-0.2, -0.15) is 4.39 Å². The first kappa shape index (κ1) is 14.9. The van der Waals surface area contributed by atoms with E-state index in [1.165, 1.54) is 19.9 Å². The normalized spacial score (nSPS) is 11.2. The number of esters is 1. The van der Waals surface area contributed by atoms with Gasteiger partial charge in [-0.1, -0.05) is 15.9 Å². The van der Waals surface area contributed by atoms with Crippen molar-refractivity contribution in [3.63, 3.8) is 0 Å². The monoisotopic (exact) mass is 322 g/mol. The maximum atomic E-state index is 13.5. The summed E-state index contributed by atoms with van der Waals surface area (Å²) < 4.78 is 36.9. The van der Waals surface area contributed by atoms with Crippen LogP contribution in [-0.4, -0.2) is 18.2 Å². The van der Waals surface area contributed by atoms with E-state index in [9.17, 15) is 13.6 Å². The second kappa shape index (κ2) is 5.65. The van der Waals surface area contributed by atoms with Crippen LogP contribution in [0.5, 0.6) is 5.75 Å². The molecule has 0 aliphatic heterocycles. The van der Waals surface area contributed by atoms with Crippen molar-refractivity contribution in [1.82, 2.24) is 0 Å². The van der Waals surface area contributed by atoms with Gasteiger partial charge in [0.1, 0.15) is 0 Å². The number of hydrogen-bond donors (Lipinski definition) is 0. The van der Waals surface area contributed by atoms with Crippen LogP contribution in [-0.2, 0) is 9.53 Å². The van der Waals surface area contributed by atoms with Crippen molar-refractivity contribution < 1.29 is 23.0 Å². The Morgan fingerprint density at radius 3 is 2.56 bits per heavy atom. The third kappa shape index (κ3) is 3.41. The molecule has 100 valence electrons. The molecule has 18 heavy (non-hydrogen) atoms. The smallest absolute Gasteiger partial charge is 0.349 e. The highest BCUT2D eigenvalue weighted by Crippen LogP contribution is 2.28. The quantitative estimate of drug-likeness (QED) is 0.629. The molecule has 0 aliphatic rings. The molecule has 1 aromatic rings. The molecule has 0 unspecified atom stereocenters. The molecule has 1 rings (SSSR count). The predicted molar refractivity (Wildman–Crippen MR) is 65.4 cm³/mol. The fourth-order valence-electron chi connectivity index (χ4n) is 1.23. The Hall–Kier alpha value is -1.17. The molecular formula is C12H13BrF2O3. The van der Waals surface area contributed by atoms with Crippen molar-refractivity contribution in [2.45, 2.75) is 26.4 Å². The Morgan fingerprint density at radius 1 is 1.39 bits per heavy atom. The predicted octanol–water partition coefficient (Wildman–Crippen LogP) is 3.45. The Labute approximate surface area is 112 Å². The number of benzene rings is 1. The van der Waals surface area contributed by atoms with Crippen LogP contribution >= 0.6 is 15.9 Å². The first-order valence-electron chi connectivity index (χ1n) is 5.28. The molecule has 0 N–H and O–H groups in total. The molecule has 0 saturated heterocycles. The van der Waals surface area contributed by atoms with Crippen LogP contribution in [0.25, 0.3) is 0 Å². The summed E-state index contributed by atoms with van der Waals surface area (Å²) in [5.74, 6) is -3.20. The van der Waals surface area contributed by atoms with Crippen LogP contribution in [0.3, 0.4) is 0 Å². The fraction of sp³-hybridized carbons (Fsp3) is 0.417. The highest BCUT2D eigenvalue weighted by molar-refractivity contribution is 9.10. The number of rotatable bonds is 4. The largest absolute Gasteiger partial charge is 0.473 e. The lowest BCUT2D eigenvalue weighted by Crippen LogP contribution is -2.40. The second-order valence-electron chi connectivity index (χ2n) is 4.03. The van der Waals surface area contributed by atoms with Gasteiger partial charge in [-0.25, -0.2) is 9.18 Å². The summed E-state index contributed by atoms with van der Waals surface area (Å²) in [6.45, 7) is 4.67. The third-order valence-electron chi connectivity index (χ3n) is 2.09. The molecule has 0 bridgehead atoms. The minimum Gasteiger partial charge on any atom is -0.473 e. The number of halogens is 3. The highest BCUT2D eigenvalue weighted by atomic mass is 79.9. The summed E-state index contributed by atoms with van der Waals surface area (Å²) in [5, 5.41) is 0. The number of carbonyl (C=O) groups is 1. The van der Waals surface area contributed by atoms with Crippen molar-refractivity contribution in [3.8, 4) is 5.75 Å². The van der Waals surface area contributed by atoms with Gasteiger partial charge in [-0.3, -0.25) is 0 Å². The van der Waals surface area contributed by atoms with Crippen molar-refractivity contribution >= 4 is 21.9 Å². The topological polar surface area (TPSA) is 35.5 Å². The van der Waals surface area contributed by atoms with Crippen LogP contribution in [0.1, 0.15) is 20.8 Å². The van der Waals surface area contributed by atoms with E-state index in [2.05, 4.69) is 15.9 Å². The van der Waals surface area contributed by atoms with Crippen LogP contribution < -0.4 is 4.74 Å². The van der Waals surface area contributed by atoms with E-state index in [4.69, 9.17) is 9.47 Å². The lowest BCUT2D eigenvalue weighted by atomic mass is 10.1. The SMILES string of the molecule is CCOC(=O)C(C)(C)Oc1cc(Br)cc(F)c1F. The van der Waals surface area contributed by atoms with Gasteiger partial charge in [0.2, 0.25) is 5.82 Å². The van der Waals surface area contributed by atoms with E-state index in [0.29, 0.717) is 4.47 Å². The summed E-state index contributed by atoms with van der Waals surface area (Å²) >= 11 is 3.02. The van der Waals surface area contributed by atoms with E-state index < -0.39 is 23.2 Å². The van der Waals surface area contributed by atoms with Gasteiger partial charge < -0.3 is 9.47 Å². The van der Waals surface area contributed by atoms with Gasteiger partial charge in [-0.15, -0.1) is 0 Å². The standard InChI is InChI=1S/C12H13BrF2O3/c1-4-17-11(16)12(2,3)18-9-6-7(13)5-8(14)10(9)15/h5-6H,4H2,1-3H3. The summed E-state index contributed by atoms with van der Waals surface area (Å²) in [5.41, 5.74) is -1.40. The van der Waals surface area contributed by atoms with E-state index in [-0.39, 0.29) is 12.4 Å². The van der Waals surface area contributed by atoms with Crippen LogP contribution in [0.4, 0.5) is 8.78 Å². The van der Waals surface area contributed by atoms with Crippen molar-refractivity contribution in [3.05, 3.63) is 28.2 Å². The maximum Gasteiger partial charge on any atom is 0.349 e. The number of carbonyl (C=O) groups excluding carboxylic acids is 1. The van der Waals surface area contributed by atoms with E-state index in [0.717, 1.165) is 6.07 Å². The van der Waals surface area contributed by atoms with Gasteiger partial charge in [0, 0.05) is 4.47 Å². The van der Waals surface area contributed by atoms with Crippen molar-refractivity contribution in [2.24, 2.45) is 0 Å². The minimum absolute atomic E-state index is 0.181. The van der Waals surface area contributed by atoms with Crippen LogP contribution in [0, 0.1) is 11.6 Å². The molecule has 0 saturated carbocycles. The van der Waals surface area contributed by atoms with Gasteiger partial charge in [0.05, 0.1) is 6.61 Å². The van der Waals surface area contributed by atoms with Gasteiger partial charge >= 0.3 is 5.97 Å². The molecule has 0 aliphatic carbocycles. The van der Waals surface area contributed by atoms with Gasteiger partial charge in [0.15, 0.2) is 17.2 Å². The first-order valence-corrected chi connectivity index (χ1v) is 6.08. The van der Waals surface area contributed by atoms with Gasteiger partial charge in [0.25, 0.3) is 0 Å². The highest BCUT2D eigenvalue weighted by Gasteiger charge is 2.33. The van der Waals surface area contributed by atoms with Crippen molar-refractivity contribution in [1.29, 1.82) is 0 Å². The Bertz CT molecular complexity index is 461. The average molecular weight is 323 g/mol. The molecule has 0 amide bonds. The number of hydrogen-bond acceptors (Lipinski definition) is 3. The second-order valence-corrected chi connectivity index (χ2v) is 4.95. The van der Waals surface area contributed by atoms with E-state index in [1.807, 2.05) is 0 Å². The molecular weight excluding hydrogens is 310 g/mol. The number of ether oxygens (including phenoxy) is 2. The van der Waals surface area contributed by atoms with Crippen LogP contribution in [0.15, 0.2) is 16.6 Å². The Kier molecular flexibility index (Phi) is 4.67. The fourth-order valence-corrected chi connectivity index (χ4v) is 1.64. The zero-order valence-corrected chi connectivity index (χ0v) is 11.8. The van der Waals surface area contributed by atoms with E-state index >= 15 is 0 Å². The Balaban J connectivity index is 3.00. The lowest BCUT2D eigenvalue weighted by Gasteiger charge is -2.24. The molecule has 3 nitrogen and oxygen atoms in total. The summed E-state index contributed by atoms with van der Waals surface area (Å²) in [7, 11) is 0. The minimum atomic E-state index is -1.40. The molecule has 0 atom stereocenters. The molecule has 6 heteroatoms. The van der Waals surface area contributed by atoms with E-state index in [1.54, 1.807) is 6.92 Å². The third-order valence-corrected chi connectivity index (χ3v) is 2.55.